The van der Waals surface area contributed by atoms with E-state index in [1.54, 1.807) is 24.3 Å². The van der Waals surface area contributed by atoms with Gasteiger partial charge in [0, 0.05) is 17.7 Å². The molecule has 1 aromatic carbocycles. The van der Waals surface area contributed by atoms with Crippen molar-refractivity contribution in [3.8, 4) is 0 Å². The average molecular weight is 324 g/mol. The van der Waals surface area contributed by atoms with Gasteiger partial charge >= 0.3 is 5.82 Å². The summed E-state index contributed by atoms with van der Waals surface area (Å²) in [6.45, 7) is 3.56. The minimum absolute atomic E-state index is 0.0640. The number of amides is 1. The van der Waals surface area contributed by atoms with Gasteiger partial charge < -0.3 is 15.4 Å². The van der Waals surface area contributed by atoms with Gasteiger partial charge in [0.2, 0.25) is 5.82 Å². The Balaban J connectivity index is 1.73. The SMILES string of the molecule is C=Cn1c([N+](=O)[O-])cnc1C=Cc1ccc(C(=O)NC2CC2)cc1. The Morgan fingerprint density at radius 2 is 2.04 bits per heavy atom. The molecule has 1 N–H and O–H groups in total. The van der Waals surface area contributed by atoms with Crippen LogP contribution in [0.1, 0.15) is 34.6 Å². The minimum atomic E-state index is -0.515. The number of carbonyl (C=O) groups excluding carboxylic acids is 1. The molecule has 1 heterocycles. The fraction of sp³-hybridized carbons (Fsp3) is 0.176. The number of carbonyl (C=O) groups is 1. The first-order valence-electron chi connectivity index (χ1n) is 7.51. The second-order valence-corrected chi connectivity index (χ2v) is 5.49. The van der Waals surface area contributed by atoms with Crippen LogP contribution in [0.5, 0.6) is 0 Å². The highest BCUT2D eigenvalue weighted by Gasteiger charge is 2.23. The molecular weight excluding hydrogens is 308 g/mol. The van der Waals surface area contributed by atoms with Crippen LogP contribution in [0.2, 0.25) is 0 Å². The second-order valence-electron chi connectivity index (χ2n) is 5.49. The maximum absolute atomic E-state index is 11.9. The van der Waals surface area contributed by atoms with Crippen LogP contribution in [0.25, 0.3) is 18.4 Å². The molecule has 7 heteroatoms. The molecule has 7 nitrogen and oxygen atoms in total. The van der Waals surface area contributed by atoms with Crippen molar-refractivity contribution in [1.29, 1.82) is 0 Å². The Bertz CT molecular complexity index is 817. The lowest BCUT2D eigenvalue weighted by Gasteiger charge is -2.03. The van der Waals surface area contributed by atoms with Gasteiger partial charge in [-0.1, -0.05) is 18.7 Å². The van der Waals surface area contributed by atoms with E-state index in [4.69, 9.17) is 0 Å². The van der Waals surface area contributed by atoms with Crippen LogP contribution in [0.3, 0.4) is 0 Å². The van der Waals surface area contributed by atoms with Gasteiger partial charge in [0.15, 0.2) is 0 Å². The van der Waals surface area contributed by atoms with Gasteiger partial charge in [-0.2, -0.15) is 4.57 Å². The van der Waals surface area contributed by atoms with Crippen molar-refractivity contribution < 1.29 is 9.72 Å². The number of nitrogens with zero attached hydrogens (tertiary/aromatic N) is 3. The fourth-order valence-electron chi connectivity index (χ4n) is 2.22. The molecule has 1 saturated carbocycles. The normalized spacial score (nSPS) is 13.8. The van der Waals surface area contributed by atoms with Crippen molar-refractivity contribution in [1.82, 2.24) is 14.9 Å². The molecule has 0 spiro atoms. The fourth-order valence-corrected chi connectivity index (χ4v) is 2.22. The number of hydrogen-bond donors (Lipinski definition) is 1. The molecule has 0 saturated heterocycles. The number of imidazole rings is 1. The zero-order valence-electron chi connectivity index (χ0n) is 12.9. The number of hydrogen-bond acceptors (Lipinski definition) is 4. The lowest BCUT2D eigenvalue weighted by Crippen LogP contribution is -2.25. The zero-order chi connectivity index (χ0) is 17.1. The van der Waals surface area contributed by atoms with Crippen molar-refractivity contribution in [2.24, 2.45) is 0 Å². The number of nitro groups is 1. The summed E-state index contributed by atoms with van der Waals surface area (Å²) in [5.41, 5.74) is 1.47. The van der Waals surface area contributed by atoms with Gasteiger partial charge in [0.25, 0.3) is 5.91 Å². The number of nitrogens with one attached hydrogen (secondary N) is 1. The quantitative estimate of drug-likeness (QED) is 0.653. The number of benzene rings is 1. The molecule has 1 aromatic heterocycles. The Labute approximate surface area is 138 Å². The Morgan fingerprint density at radius 3 is 2.62 bits per heavy atom. The standard InChI is InChI=1S/C17H16N4O3/c1-2-20-15(18-11-16(20)21(23)24)10-5-12-3-6-13(7-4-12)17(22)19-14-8-9-14/h2-7,10-11,14H,1,8-9H2,(H,19,22). The molecule has 2 aromatic rings. The molecule has 0 unspecified atom stereocenters. The first kappa shape index (κ1) is 15.7. The summed E-state index contributed by atoms with van der Waals surface area (Å²) in [6.07, 6.45) is 8.06. The van der Waals surface area contributed by atoms with Crippen LogP contribution in [0.15, 0.2) is 37.0 Å². The van der Waals surface area contributed by atoms with Crippen LogP contribution in [-0.2, 0) is 0 Å². The summed E-state index contributed by atoms with van der Waals surface area (Å²) < 4.78 is 1.30. The molecule has 1 aliphatic carbocycles. The van der Waals surface area contributed by atoms with Crippen LogP contribution < -0.4 is 5.32 Å². The molecule has 0 aliphatic heterocycles. The van der Waals surface area contributed by atoms with E-state index in [1.165, 1.54) is 17.0 Å². The third-order valence-corrected chi connectivity index (χ3v) is 3.69. The molecule has 1 amide bonds. The van der Waals surface area contributed by atoms with Gasteiger partial charge in [0.05, 0.1) is 6.20 Å². The monoisotopic (exact) mass is 324 g/mol. The van der Waals surface area contributed by atoms with E-state index in [1.807, 2.05) is 12.1 Å². The topological polar surface area (TPSA) is 90.1 Å². The highest BCUT2D eigenvalue weighted by Crippen LogP contribution is 2.20. The van der Waals surface area contributed by atoms with E-state index in [2.05, 4.69) is 16.9 Å². The van der Waals surface area contributed by atoms with E-state index in [0.717, 1.165) is 18.4 Å². The maximum Gasteiger partial charge on any atom is 0.347 e. The molecular formula is C17H16N4O3. The van der Waals surface area contributed by atoms with Crippen molar-refractivity contribution in [3.05, 3.63) is 64.1 Å². The highest BCUT2D eigenvalue weighted by atomic mass is 16.6. The van der Waals surface area contributed by atoms with Crippen molar-refractivity contribution >= 4 is 30.1 Å². The van der Waals surface area contributed by atoms with E-state index < -0.39 is 4.92 Å². The van der Waals surface area contributed by atoms with Crippen molar-refractivity contribution in [2.45, 2.75) is 18.9 Å². The highest BCUT2D eigenvalue weighted by molar-refractivity contribution is 5.94. The minimum Gasteiger partial charge on any atom is -0.358 e. The largest absolute Gasteiger partial charge is 0.358 e. The summed E-state index contributed by atoms with van der Waals surface area (Å²) in [5, 5.41) is 13.8. The van der Waals surface area contributed by atoms with Gasteiger partial charge in [0.1, 0.15) is 6.20 Å². The van der Waals surface area contributed by atoms with Crippen molar-refractivity contribution in [2.75, 3.05) is 0 Å². The number of aromatic nitrogens is 2. The third kappa shape index (κ3) is 3.40. The summed E-state index contributed by atoms with van der Waals surface area (Å²) in [4.78, 5) is 26.3. The third-order valence-electron chi connectivity index (χ3n) is 3.69. The molecule has 1 fully saturated rings. The van der Waals surface area contributed by atoms with Crippen LogP contribution in [0.4, 0.5) is 5.82 Å². The second kappa shape index (κ2) is 6.49. The lowest BCUT2D eigenvalue weighted by molar-refractivity contribution is -0.390. The summed E-state index contributed by atoms with van der Waals surface area (Å²) in [5.74, 6) is 0.204. The molecule has 3 rings (SSSR count). The van der Waals surface area contributed by atoms with E-state index in [0.29, 0.717) is 17.4 Å². The Kier molecular flexibility index (Phi) is 4.24. The van der Waals surface area contributed by atoms with E-state index in [9.17, 15) is 14.9 Å². The summed E-state index contributed by atoms with van der Waals surface area (Å²) in [7, 11) is 0. The summed E-state index contributed by atoms with van der Waals surface area (Å²) >= 11 is 0. The molecule has 0 bridgehead atoms. The van der Waals surface area contributed by atoms with Gasteiger partial charge in [-0.3, -0.25) is 4.79 Å². The first-order valence-corrected chi connectivity index (χ1v) is 7.51. The van der Waals surface area contributed by atoms with E-state index in [-0.39, 0.29) is 11.7 Å². The van der Waals surface area contributed by atoms with Crippen LogP contribution >= 0.6 is 0 Å². The molecule has 1 aliphatic rings. The van der Waals surface area contributed by atoms with Crippen LogP contribution in [0, 0.1) is 10.1 Å². The van der Waals surface area contributed by atoms with E-state index >= 15 is 0 Å². The molecule has 122 valence electrons. The lowest BCUT2D eigenvalue weighted by atomic mass is 10.1. The zero-order valence-corrected chi connectivity index (χ0v) is 12.9. The first-order chi connectivity index (χ1) is 11.6. The Hall–Kier alpha value is -3.22. The van der Waals surface area contributed by atoms with Crippen molar-refractivity contribution in [3.63, 3.8) is 0 Å². The van der Waals surface area contributed by atoms with Gasteiger partial charge in [-0.05, 0) is 41.5 Å². The average Bonchev–Trinajstić information content (AvgIpc) is 3.29. The summed E-state index contributed by atoms with van der Waals surface area (Å²) in [6, 6.07) is 7.45. The molecule has 0 radical (unpaired) electrons. The molecule has 0 atom stereocenters. The number of rotatable bonds is 6. The Morgan fingerprint density at radius 1 is 1.33 bits per heavy atom. The molecule has 24 heavy (non-hydrogen) atoms. The predicted octanol–water partition coefficient (Wildman–Crippen LogP) is 2.95. The van der Waals surface area contributed by atoms with Gasteiger partial charge in [-0.25, -0.2) is 4.98 Å². The van der Waals surface area contributed by atoms with Gasteiger partial charge in [-0.15, -0.1) is 0 Å². The maximum atomic E-state index is 11.9. The predicted molar refractivity (Wildman–Crippen MR) is 91.1 cm³/mol. The van der Waals surface area contributed by atoms with Crippen LogP contribution in [-0.4, -0.2) is 26.4 Å². The smallest absolute Gasteiger partial charge is 0.347 e.